The van der Waals surface area contributed by atoms with Crippen LogP contribution < -0.4 is 15.4 Å². The molecule has 0 radical (unpaired) electrons. The highest BCUT2D eigenvalue weighted by Gasteiger charge is 2.22. The van der Waals surface area contributed by atoms with Crippen molar-refractivity contribution in [2.75, 3.05) is 18.5 Å². The van der Waals surface area contributed by atoms with Crippen molar-refractivity contribution in [1.29, 1.82) is 0 Å². The van der Waals surface area contributed by atoms with E-state index in [0.717, 1.165) is 30.1 Å². The molecule has 116 valence electrons. The molecule has 1 amide bonds. The van der Waals surface area contributed by atoms with E-state index in [2.05, 4.69) is 38.3 Å². The molecule has 4 nitrogen and oxygen atoms in total. The minimum atomic E-state index is 0.0693. The van der Waals surface area contributed by atoms with Crippen LogP contribution in [0.2, 0.25) is 0 Å². The van der Waals surface area contributed by atoms with Gasteiger partial charge in [-0.2, -0.15) is 0 Å². The maximum atomic E-state index is 12.1. The molecule has 21 heavy (non-hydrogen) atoms. The highest BCUT2D eigenvalue weighted by molar-refractivity contribution is 5.91. The number of carbonyl (C=O) groups is 1. The molecule has 0 bridgehead atoms. The second kappa shape index (κ2) is 6.48. The molecule has 1 aliphatic heterocycles. The third-order valence-corrected chi connectivity index (χ3v) is 4.17. The van der Waals surface area contributed by atoms with Crippen molar-refractivity contribution in [3.63, 3.8) is 0 Å². The summed E-state index contributed by atoms with van der Waals surface area (Å²) in [6, 6.07) is 5.84. The summed E-state index contributed by atoms with van der Waals surface area (Å²) in [4.78, 5) is 12.1. The van der Waals surface area contributed by atoms with Crippen molar-refractivity contribution in [2.24, 2.45) is 11.3 Å². The lowest BCUT2D eigenvalue weighted by Crippen LogP contribution is -2.24. The third-order valence-electron chi connectivity index (χ3n) is 4.17. The summed E-state index contributed by atoms with van der Waals surface area (Å²) in [6.45, 7) is 10.9. The average Bonchev–Trinajstić information content (AvgIpc) is 2.62. The number of carbonyl (C=O) groups excluding carboxylic acids is 1. The van der Waals surface area contributed by atoms with Crippen LogP contribution in [0.4, 0.5) is 5.69 Å². The van der Waals surface area contributed by atoms with Crippen LogP contribution in [-0.2, 0) is 11.3 Å². The molecule has 4 heteroatoms. The van der Waals surface area contributed by atoms with Crippen molar-refractivity contribution in [2.45, 2.75) is 40.7 Å². The fraction of sp³-hybridized carbons (Fsp3) is 0.588. The topological polar surface area (TPSA) is 50.4 Å². The minimum absolute atomic E-state index is 0.0693. The second-order valence-electron chi connectivity index (χ2n) is 6.87. The zero-order valence-electron chi connectivity index (χ0n) is 13.5. The van der Waals surface area contributed by atoms with Gasteiger partial charge in [0.05, 0.1) is 0 Å². The second-order valence-corrected chi connectivity index (χ2v) is 6.87. The van der Waals surface area contributed by atoms with Gasteiger partial charge in [0.1, 0.15) is 12.4 Å². The van der Waals surface area contributed by atoms with E-state index in [9.17, 15) is 4.79 Å². The highest BCUT2D eigenvalue weighted by Crippen LogP contribution is 2.29. The summed E-state index contributed by atoms with van der Waals surface area (Å²) in [5, 5.41) is 6.29. The molecule has 1 aliphatic rings. The van der Waals surface area contributed by atoms with Crippen LogP contribution >= 0.6 is 0 Å². The first-order valence-electron chi connectivity index (χ1n) is 7.62. The molecule has 1 aromatic carbocycles. The number of hydrogen-bond donors (Lipinski definition) is 2. The zero-order valence-corrected chi connectivity index (χ0v) is 13.5. The molecule has 2 N–H and O–H groups in total. The lowest BCUT2D eigenvalue weighted by Gasteiger charge is -2.26. The summed E-state index contributed by atoms with van der Waals surface area (Å²) < 4.78 is 5.64. The van der Waals surface area contributed by atoms with E-state index in [4.69, 9.17) is 4.74 Å². The van der Waals surface area contributed by atoms with E-state index in [0.29, 0.717) is 18.9 Å². The SMILES string of the molecule is CC(CC(=O)Nc1ccc2c(c1)CNCCO2)C(C)(C)C. The number of anilines is 1. The van der Waals surface area contributed by atoms with E-state index in [1.54, 1.807) is 0 Å². The van der Waals surface area contributed by atoms with Gasteiger partial charge in [-0.05, 0) is 29.5 Å². The zero-order chi connectivity index (χ0) is 15.5. The van der Waals surface area contributed by atoms with E-state index in [1.165, 1.54) is 0 Å². The van der Waals surface area contributed by atoms with Gasteiger partial charge in [0.15, 0.2) is 0 Å². The highest BCUT2D eigenvalue weighted by atomic mass is 16.5. The van der Waals surface area contributed by atoms with Crippen LogP contribution in [0.5, 0.6) is 5.75 Å². The molecule has 1 atom stereocenters. The van der Waals surface area contributed by atoms with Gasteiger partial charge in [-0.25, -0.2) is 0 Å². The predicted molar refractivity (Wildman–Crippen MR) is 85.5 cm³/mol. The van der Waals surface area contributed by atoms with Crippen LogP contribution in [0, 0.1) is 11.3 Å². The predicted octanol–water partition coefficient (Wildman–Crippen LogP) is 3.18. The number of fused-ring (bicyclic) bond motifs is 1. The van der Waals surface area contributed by atoms with Crippen molar-refractivity contribution in [3.8, 4) is 5.75 Å². The van der Waals surface area contributed by atoms with Gasteiger partial charge in [0.2, 0.25) is 5.91 Å². The fourth-order valence-electron chi connectivity index (χ4n) is 2.19. The molecule has 0 spiro atoms. The Kier molecular flexibility index (Phi) is 4.88. The maximum absolute atomic E-state index is 12.1. The van der Waals surface area contributed by atoms with E-state index >= 15 is 0 Å². The number of ether oxygens (including phenoxy) is 1. The summed E-state index contributed by atoms with van der Waals surface area (Å²) >= 11 is 0. The first kappa shape index (κ1) is 15.8. The number of amides is 1. The van der Waals surface area contributed by atoms with Crippen LogP contribution in [0.1, 0.15) is 39.7 Å². The molecule has 0 saturated carbocycles. The Hall–Kier alpha value is -1.55. The molecule has 1 aromatic rings. The van der Waals surface area contributed by atoms with E-state index in [-0.39, 0.29) is 11.3 Å². The van der Waals surface area contributed by atoms with Crippen molar-refractivity contribution >= 4 is 11.6 Å². The van der Waals surface area contributed by atoms with Crippen LogP contribution in [0.3, 0.4) is 0 Å². The molecule has 0 aromatic heterocycles. The summed E-state index contributed by atoms with van der Waals surface area (Å²) in [5.74, 6) is 1.31. The standard InChI is InChI=1S/C17H26N2O2/c1-12(17(2,3)4)9-16(20)19-14-5-6-15-13(10-14)11-18-7-8-21-15/h5-6,10,12,18H,7-9,11H2,1-4H3,(H,19,20). The van der Waals surface area contributed by atoms with E-state index in [1.807, 2.05) is 18.2 Å². The Morgan fingerprint density at radius 1 is 1.43 bits per heavy atom. The molecule has 1 unspecified atom stereocenters. The van der Waals surface area contributed by atoms with Gasteiger partial charge in [0, 0.05) is 30.8 Å². The quantitative estimate of drug-likeness (QED) is 0.899. The monoisotopic (exact) mass is 290 g/mol. The molecule has 0 fully saturated rings. The lowest BCUT2D eigenvalue weighted by atomic mass is 9.80. The summed E-state index contributed by atoms with van der Waals surface area (Å²) in [5.41, 5.74) is 2.07. The van der Waals surface area contributed by atoms with Crippen LogP contribution in [-0.4, -0.2) is 19.1 Å². The van der Waals surface area contributed by atoms with Gasteiger partial charge >= 0.3 is 0 Å². The summed E-state index contributed by atoms with van der Waals surface area (Å²) in [7, 11) is 0. The Morgan fingerprint density at radius 3 is 2.90 bits per heavy atom. The van der Waals surface area contributed by atoms with Gasteiger partial charge < -0.3 is 15.4 Å². The fourth-order valence-corrected chi connectivity index (χ4v) is 2.19. The molecule has 0 saturated heterocycles. The Balaban J connectivity index is 2.00. The van der Waals surface area contributed by atoms with Crippen LogP contribution in [0.25, 0.3) is 0 Å². The van der Waals surface area contributed by atoms with Crippen molar-refractivity contribution in [1.82, 2.24) is 5.32 Å². The maximum Gasteiger partial charge on any atom is 0.224 e. The number of rotatable bonds is 3. The van der Waals surface area contributed by atoms with Gasteiger partial charge in [-0.15, -0.1) is 0 Å². The first-order chi connectivity index (χ1) is 9.86. The normalized spacial score (nSPS) is 16.4. The third kappa shape index (κ3) is 4.46. The number of benzene rings is 1. The molecule has 0 aliphatic carbocycles. The van der Waals surface area contributed by atoms with Crippen LogP contribution in [0.15, 0.2) is 18.2 Å². The van der Waals surface area contributed by atoms with Gasteiger partial charge in [-0.1, -0.05) is 27.7 Å². The number of nitrogens with one attached hydrogen (secondary N) is 2. The van der Waals surface area contributed by atoms with Crippen molar-refractivity contribution < 1.29 is 9.53 Å². The first-order valence-corrected chi connectivity index (χ1v) is 7.62. The van der Waals surface area contributed by atoms with Gasteiger partial charge in [0.25, 0.3) is 0 Å². The Labute approximate surface area is 127 Å². The molecule has 1 heterocycles. The average molecular weight is 290 g/mol. The lowest BCUT2D eigenvalue weighted by molar-refractivity contribution is -0.117. The Morgan fingerprint density at radius 2 is 2.19 bits per heavy atom. The molecular weight excluding hydrogens is 264 g/mol. The Bertz CT molecular complexity index is 506. The number of hydrogen-bond acceptors (Lipinski definition) is 3. The smallest absolute Gasteiger partial charge is 0.224 e. The van der Waals surface area contributed by atoms with E-state index < -0.39 is 0 Å². The summed E-state index contributed by atoms with van der Waals surface area (Å²) in [6.07, 6.45) is 0.537. The molecule has 2 rings (SSSR count). The minimum Gasteiger partial charge on any atom is -0.492 e. The van der Waals surface area contributed by atoms with Gasteiger partial charge in [-0.3, -0.25) is 4.79 Å². The van der Waals surface area contributed by atoms with Crippen molar-refractivity contribution in [3.05, 3.63) is 23.8 Å². The molecular formula is C17H26N2O2. The largest absolute Gasteiger partial charge is 0.492 e.